The fraction of sp³-hybridized carbons (Fsp3) is 0.776. The molecule has 123 heavy (non-hydrogen) atoms. The van der Waals surface area contributed by atoms with E-state index in [1.165, 1.54) is 19.6 Å². The van der Waals surface area contributed by atoms with E-state index in [1.54, 1.807) is 37.5 Å². The second-order valence-corrected chi connectivity index (χ2v) is 33.0. The summed E-state index contributed by atoms with van der Waals surface area (Å²) in [6, 6.07) is -0.788. The number of nitrogens with zero attached hydrogens (tertiary/aromatic N) is 15. The molecule has 47 nitrogen and oxygen atoms in total. The number of hydrogen-bond donors (Lipinski definition) is 12. The fourth-order valence-corrected chi connectivity index (χ4v) is 12.1. The lowest BCUT2D eigenvalue weighted by atomic mass is 9.87. The highest BCUT2D eigenvalue weighted by Gasteiger charge is 2.33. The van der Waals surface area contributed by atoms with Crippen molar-refractivity contribution in [3.63, 3.8) is 0 Å². The van der Waals surface area contributed by atoms with Crippen LogP contribution in [0.5, 0.6) is 0 Å². The molecule has 0 bridgehead atoms. The summed E-state index contributed by atoms with van der Waals surface area (Å²) in [6.07, 6.45) is 1.40. The van der Waals surface area contributed by atoms with E-state index >= 15 is 0 Å². The highest BCUT2D eigenvalue weighted by Crippen LogP contribution is 2.25. The van der Waals surface area contributed by atoms with Gasteiger partial charge in [0.1, 0.15) is 0 Å². The number of carbonyl (C=O) groups is 14. The summed E-state index contributed by atoms with van der Waals surface area (Å²) in [6.45, 7) is 31.2. The quantitative estimate of drug-likeness (QED) is 0.0272. The Morgan fingerprint density at radius 1 is 0.293 bits per heavy atom. The highest BCUT2D eigenvalue weighted by atomic mass is 16.4. The van der Waals surface area contributed by atoms with E-state index in [0.717, 1.165) is 65.4 Å². The molecule has 706 valence electrons. The van der Waals surface area contributed by atoms with Crippen molar-refractivity contribution < 1.29 is 157 Å². The molecule has 0 aliphatic carbocycles. The largest absolute Gasteiger partial charge is 0.480 e. The van der Waals surface area contributed by atoms with Gasteiger partial charge in [0.2, 0.25) is 0 Å². The van der Waals surface area contributed by atoms with Crippen molar-refractivity contribution in [2.75, 3.05) is 283 Å². The summed E-state index contributed by atoms with van der Waals surface area (Å²) in [7, 11) is 5.99. The van der Waals surface area contributed by atoms with Crippen LogP contribution in [-0.2, 0) is 95.9 Å². The number of carbonyl (C=O) groups excluding carboxylic acids is 8. The summed E-state index contributed by atoms with van der Waals surface area (Å²) in [5, 5.41) is 109. The number of likely N-dealkylation sites (N-methyl/N-ethyl adjacent to an activating group) is 3. The molecular weight excluding hydrogens is 1630 g/mol. The van der Waals surface area contributed by atoms with Crippen LogP contribution < -0.4 is 0 Å². The van der Waals surface area contributed by atoms with Crippen molar-refractivity contribution in [2.45, 2.75) is 87.7 Å². The van der Waals surface area contributed by atoms with Gasteiger partial charge in [-0.05, 0) is 39.9 Å². The van der Waals surface area contributed by atoms with Crippen LogP contribution in [0.3, 0.4) is 0 Å². The molecule has 3 fully saturated rings. The Balaban J connectivity index is -0.000000743. The van der Waals surface area contributed by atoms with E-state index < -0.39 is 115 Å². The third-order valence-electron chi connectivity index (χ3n) is 18.8. The summed E-state index contributed by atoms with van der Waals surface area (Å²) in [5.74, 6) is -12.6. The van der Waals surface area contributed by atoms with Crippen molar-refractivity contribution in [2.24, 2.45) is 16.2 Å². The third kappa shape index (κ3) is 70.6. The van der Waals surface area contributed by atoms with Gasteiger partial charge in [0.15, 0.2) is 11.6 Å². The first kappa shape index (κ1) is 120. The molecule has 0 aromatic rings. The zero-order valence-electron chi connectivity index (χ0n) is 73.4. The molecule has 3 aliphatic rings. The molecule has 3 saturated heterocycles. The van der Waals surface area contributed by atoms with Gasteiger partial charge in [-0.2, -0.15) is 28.8 Å². The number of aliphatic carboxylic acids is 12. The lowest BCUT2D eigenvalue weighted by Gasteiger charge is -2.37. The summed E-state index contributed by atoms with van der Waals surface area (Å²) < 4.78 is 0. The van der Waals surface area contributed by atoms with E-state index in [4.69, 9.17) is 74.7 Å². The number of ketones is 2. The van der Waals surface area contributed by atoms with Crippen molar-refractivity contribution >= 4 is 102 Å². The second-order valence-electron chi connectivity index (χ2n) is 33.0. The van der Waals surface area contributed by atoms with Gasteiger partial charge in [0.05, 0.1) is 91.6 Å². The molecule has 12 N–H and O–H groups in total. The minimum absolute atomic E-state index is 0.00810. The number of carboxylic acids is 12. The van der Waals surface area contributed by atoms with Crippen molar-refractivity contribution in [3.05, 3.63) is 0 Å². The number of Topliss-reactive ketones (excluding diaryl/α,β-unsaturated/α-hetero) is 2. The van der Waals surface area contributed by atoms with Crippen molar-refractivity contribution in [1.82, 2.24) is 73.5 Å². The van der Waals surface area contributed by atoms with Gasteiger partial charge in [-0.25, -0.2) is 0 Å². The third-order valence-corrected chi connectivity index (χ3v) is 18.8. The SMILES string of the molecule is CC(CN(CCN(CC(=O)O)CC(=O)O)CC(=O)C(C)(C)C)N(CC(=O)O)CC(=O)O.CN1CCN(CC(=O)O)CCN(CC(CC(C)(C)C)N(CC(=O)O)CC(=O)O)CC1.CN1CCN(CCN(CC(=O)O)CC(=O)C(C)(C)C)CCN(CC(=O)O)CC1.CN1CCN(CCN(CC(=O)O)CC(=O)O)CCN(CC(=O)O)CC1.O=C=O.O=C=O.O=C=O. The van der Waals surface area contributed by atoms with Crippen molar-refractivity contribution in [1.29, 1.82) is 0 Å². The van der Waals surface area contributed by atoms with Gasteiger partial charge in [0, 0.05) is 193 Å². The van der Waals surface area contributed by atoms with Crippen LogP contribution in [0.4, 0.5) is 0 Å². The number of carboxylic acid groups (broad SMARTS) is 12. The normalized spacial score (nSPS) is 16.1. The van der Waals surface area contributed by atoms with Gasteiger partial charge in [-0.3, -0.25) is 126 Å². The Morgan fingerprint density at radius 3 is 0.780 bits per heavy atom. The molecule has 0 aromatic carbocycles. The Labute approximate surface area is 716 Å². The van der Waals surface area contributed by atoms with Gasteiger partial charge < -0.3 is 76.0 Å². The Kier molecular flexibility index (Phi) is 64.4. The lowest BCUT2D eigenvalue weighted by molar-refractivity contribution is -0.193. The van der Waals surface area contributed by atoms with Crippen molar-refractivity contribution in [3.8, 4) is 0 Å². The molecule has 0 saturated carbocycles. The molecular formula is C76H135N15O32. The van der Waals surface area contributed by atoms with E-state index in [2.05, 4.69) is 50.2 Å². The first-order chi connectivity index (χ1) is 56.9. The van der Waals surface area contributed by atoms with Crippen LogP contribution in [0.1, 0.15) is 75.7 Å². The van der Waals surface area contributed by atoms with Crippen LogP contribution in [0.15, 0.2) is 0 Å². The Bertz CT molecular complexity index is 3230. The van der Waals surface area contributed by atoms with Gasteiger partial charge in [0.25, 0.3) is 0 Å². The van der Waals surface area contributed by atoms with E-state index in [9.17, 15) is 82.4 Å². The second kappa shape index (κ2) is 66.1. The smallest absolute Gasteiger partial charge is 0.373 e. The van der Waals surface area contributed by atoms with E-state index in [0.29, 0.717) is 91.5 Å². The van der Waals surface area contributed by atoms with Gasteiger partial charge in [-0.1, -0.05) is 62.3 Å². The highest BCUT2D eigenvalue weighted by molar-refractivity contribution is 5.86. The minimum atomic E-state index is -1.19. The van der Waals surface area contributed by atoms with Crippen LogP contribution in [0, 0.1) is 16.2 Å². The fourth-order valence-electron chi connectivity index (χ4n) is 12.1. The van der Waals surface area contributed by atoms with Crippen LogP contribution in [0.25, 0.3) is 0 Å². The summed E-state index contributed by atoms with van der Waals surface area (Å²) in [5.41, 5.74) is -1.27. The number of hydrogen-bond acceptors (Lipinski definition) is 35. The molecule has 3 rings (SSSR count). The minimum Gasteiger partial charge on any atom is -0.480 e. The predicted molar refractivity (Wildman–Crippen MR) is 433 cm³/mol. The first-order valence-corrected chi connectivity index (χ1v) is 39.4. The molecule has 47 heteroatoms. The van der Waals surface area contributed by atoms with Crippen LogP contribution in [0.2, 0.25) is 0 Å². The summed E-state index contributed by atoms with van der Waals surface area (Å²) >= 11 is 0. The van der Waals surface area contributed by atoms with Gasteiger partial charge in [-0.15, -0.1) is 0 Å². The van der Waals surface area contributed by atoms with E-state index in [-0.39, 0.29) is 127 Å². The molecule has 2 atom stereocenters. The molecule has 0 amide bonds. The Hall–Kier alpha value is -9.48. The average Bonchev–Trinajstić information content (AvgIpc) is 1.42. The topological polar surface area (TPSA) is 633 Å². The first-order valence-electron chi connectivity index (χ1n) is 39.4. The maximum Gasteiger partial charge on any atom is 0.373 e. The maximum absolute atomic E-state index is 12.5. The monoisotopic (exact) mass is 1770 g/mol. The predicted octanol–water partition coefficient (Wildman–Crippen LogP) is -4.91. The lowest BCUT2D eigenvalue weighted by Crippen LogP contribution is -2.51. The molecule has 2 unspecified atom stereocenters. The molecule has 3 aliphatic heterocycles. The summed E-state index contributed by atoms with van der Waals surface area (Å²) in [4.78, 5) is 234. The van der Waals surface area contributed by atoms with Crippen LogP contribution in [-0.4, -0.2) is 531 Å². The zero-order valence-corrected chi connectivity index (χ0v) is 73.4. The molecule has 0 aromatic heterocycles. The Morgan fingerprint density at radius 2 is 0.512 bits per heavy atom. The van der Waals surface area contributed by atoms with E-state index in [1.807, 2.05) is 56.6 Å². The zero-order chi connectivity index (χ0) is 95.5. The van der Waals surface area contributed by atoms with Crippen LogP contribution >= 0.6 is 0 Å². The standard InChI is InChI=1S/C20H38N4O6.C19H36N4O5.C19H33N3O9.C15H28N4O6.3CO2/c1-20(2,3)11-16(24(14-18(27)28)15-19(29)30)12-22-7-5-21(4)6-8-23(10-9-22)13-17(25)26;1-19(2,3)16(24)13-23(15-18(27)28)12-10-21-7-5-20(4)6-8-22(11-9-21)14-17(25)26;1-13(22(11-17(28)29)12-18(30)31)7-20(8-14(23)19(2,3)4)5-6-21(9-15(24)25)10-16(26)27;1-16-2-4-17(6-8-18(5-3-16)10-13(20)21)7-9-19(11-14(22)23)12-15(24)25;3*2-1-3/h16H,5-15H2,1-4H3,(H,25,26)(H,27,28)(H,29,30);5-15H2,1-4H3,(H,25,26)(H,27,28);13H,5-12H2,1-4H3,(H,24,25)(H,26,27)(H,28,29)(H,30,31);2-12H2,1H3,(H,20,21)(H,22,23)(H,24,25);;;. The average molecular weight is 1770 g/mol. The number of rotatable bonds is 44. The molecule has 0 spiro atoms. The molecule has 3 heterocycles. The molecule has 0 radical (unpaired) electrons. The van der Waals surface area contributed by atoms with Gasteiger partial charge >= 0.3 is 90.1 Å². The maximum atomic E-state index is 12.5.